The maximum absolute atomic E-state index is 14.2. The van der Waals surface area contributed by atoms with Crippen LogP contribution in [0.25, 0.3) is 0 Å². The van der Waals surface area contributed by atoms with Crippen molar-refractivity contribution in [3.8, 4) is 0 Å². The van der Waals surface area contributed by atoms with E-state index in [0.717, 1.165) is 17.5 Å². The third-order valence-electron chi connectivity index (χ3n) is 3.46. The molecule has 3 nitrogen and oxygen atoms in total. The normalized spacial score (nSPS) is 12.4. The molecule has 1 heterocycles. The van der Waals surface area contributed by atoms with Crippen LogP contribution in [0.15, 0.2) is 41.2 Å². The summed E-state index contributed by atoms with van der Waals surface area (Å²) in [4.78, 5) is 1.90. The van der Waals surface area contributed by atoms with Crippen molar-refractivity contribution in [3.05, 3.63) is 53.7 Å². The summed E-state index contributed by atoms with van der Waals surface area (Å²) in [6, 6.07) is 7.11. The van der Waals surface area contributed by atoms with Crippen LogP contribution >= 0.6 is 0 Å². The van der Waals surface area contributed by atoms with Gasteiger partial charge < -0.3 is 15.1 Å². The molecule has 108 valence electrons. The molecule has 0 saturated heterocycles. The molecular formula is C16H21FN2O. The van der Waals surface area contributed by atoms with E-state index in [2.05, 4.69) is 0 Å². The quantitative estimate of drug-likeness (QED) is 0.880. The number of nitrogens with two attached hydrogens (primary N) is 1. The summed E-state index contributed by atoms with van der Waals surface area (Å²) in [5, 5.41) is 0. The van der Waals surface area contributed by atoms with E-state index in [0.29, 0.717) is 18.7 Å². The second-order valence-corrected chi connectivity index (χ2v) is 5.11. The molecule has 1 aromatic carbocycles. The maximum atomic E-state index is 14.2. The van der Waals surface area contributed by atoms with Crippen molar-refractivity contribution in [3.63, 3.8) is 0 Å². The standard InChI is InChI=1S/C16H21FN2O/c1-3-14(18)9-13-5-4-6-15(17)16(13)19(2)10-12-7-8-20-11-12/h4-8,11,14H,3,9-10,18H2,1-2H3. The van der Waals surface area contributed by atoms with Gasteiger partial charge in [-0.1, -0.05) is 19.1 Å². The summed E-state index contributed by atoms with van der Waals surface area (Å²) in [7, 11) is 1.88. The zero-order chi connectivity index (χ0) is 14.5. The molecule has 0 spiro atoms. The molecule has 1 aromatic heterocycles. The first-order valence-corrected chi connectivity index (χ1v) is 6.87. The molecule has 0 aliphatic carbocycles. The van der Waals surface area contributed by atoms with Gasteiger partial charge >= 0.3 is 0 Å². The molecule has 20 heavy (non-hydrogen) atoms. The van der Waals surface area contributed by atoms with Crippen LogP contribution in [0.2, 0.25) is 0 Å². The van der Waals surface area contributed by atoms with Gasteiger partial charge in [0, 0.05) is 25.2 Å². The van der Waals surface area contributed by atoms with E-state index in [-0.39, 0.29) is 11.9 Å². The third kappa shape index (κ3) is 3.39. The average Bonchev–Trinajstić information content (AvgIpc) is 2.91. The number of halogens is 1. The van der Waals surface area contributed by atoms with Gasteiger partial charge in [-0.05, 0) is 30.5 Å². The monoisotopic (exact) mass is 276 g/mol. The van der Waals surface area contributed by atoms with Crippen molar-refractivity contribution in [2.24, 2.45) is 5.73 Å². The zero-order valence-corrected chi connectivity index (χ0v) is 12.0. The van der Waals surface area contributed by atoms with Crippen LogP contribution in [0.4, 0.5) is 10.1 Å². The van der Waals surface area contributed by atoms with E-state index in [4.69, 9.17) is 10.2 Å². The molecule has 0 saturated carbocycles. The number of hydrogen-bond donors (Lipinski definition) is 1. The predicted molar refractivity (Wildman–Crippen MR) is 79.2 cm³/mol. The maximum Gasteiger partial charge on any atom is 0.146 e. The predicted octanol–water partition coefficient (Wildman–Crippen LogP) is 3.33. The van der Waals surface area contributed by atoms with Gasteiger partial charge in [0.2, 0.25) is 0 Å². The van der Waals surface area contributed by atoms with E-state index in [9.17, 15) is 4.39 Å². The van der Waals surface area contributed by atoms with Crippen LogP contribution in [0.1, 0.15) is 24.5 Å². The molecule has 2 N–H and O–H groups in total. The van der Waals surface area contributed by atoms with Gasteiger partial charge in [0.15, 0.2) is 0 Å². The lowest BCUT2D eigenvalue weighted by Crippen LogP contribution is -2.25. The molecule has 0 amide bonds. The first-order chi connectivity index (χ1) is 9.61. The van der Waals surface area contributed by atoms with Crippen LogP contribution in [-0.2, 0) is 13.0 Å². The molecule has 0 aliphatic rings. The number of anilines is 1. The Bertz CT molecular complexity index is 539. The molecule has 0 aliphatic heterocycles. The van der Waals surface area contributed by atoms with Gasteiger partial charge in [-0.3, -0.25) is 0 Å². The summed E-state index contributed by atoms with van der Waals surface area (Å²) < 4.78 is 19.2. The van der Waals surface area contributed by atoms with Crippen molar-refractivity contribution < 1.29 is 8.81 Å². The highest BCUT2D eigenvalue weighted by Gasteiger charge is 2.15. The lowest BCUT2D eigenvalue weighted by molar-refractivity contribution is 0.563. The van der Waals surface area contributed by atoms with Gasteiger partial charge in [-0.25, -0.2) is 4.39 Å². The molecular weight excluding hydrogens is 255 g/mol. The fourth-order valence-corrected chi connectivity index (χ4v) is 2.31. The molecule has 2 rings (SSSR count). The number of hydrogen-bond acceptors (Lipinski definition) is 3. The highest BCUT2D eigenvalue weighted by atomic mass is 19.1. The average molecular weight is 276 g/mol. The Morgan fingerprint density at radius 3 is 2.80 bits per heavy atom. The molecule has 1 unspecified atom stereocenters. The fourth-order valence-electron chi connectivity index (χ4n) is 2.31. The zero-order valence-electron chi connectivity index (χ0n) is 12.0. The minimum Gasteiger partial charge on any atom is -0.472 e. The number of benzene rings is 1. The van der Waals surface area contributed by atoms with E-state index in [1.165, 1.54) is 6.07 Å². The van der Waals surface area contributed by atoms with Crippen molar-refractivity contribution in [2.45, 2.75) is 32.4 Å². The Labute approximate surface area is 119 Å². The molecule has 1 atom stereocenters. The molecule has 0 fully saturated rings. The molecule has 0 radical (unpaired) electrons. The van der Waals surface area contributed by atoms with Gasteiger partial charge in [-0.2, -0.15) is 0 Å². The van der Waals surface area contributed by atoms with Crippen LogP contribution in [-0.4, -0.2) is 13.1 Å². The molecule has 4 heteroatoms. The first kappa shape index (κ1) is 14.6. The smallest absolute Gasteiger partial charge is 0.146 e. The minimum atomic E-state index is -0.211. The van der Waals surface area contributed by atoms with Crippen LogP contribution in [0.5, 0.6) is 0 Å². The lowest BCUT2D eigenvalue weighted by Gasteiger charge is -2.23. The summed E-state index contributed by atoms with van der Waals surface area (Å²) >= 11 is 0. The Balaban J connectivity index is 2.24. The van der Waals surface area contributed by atoms with Crippen molar-refractivity contribution in [2.75, 3.05) is 11.9 Å². The van der Waals surface area contributed by atoms with E-state index in [1.807, 2.05) is 31.0 Å². The lowest BCUT2D eigenvalue weighted by atomic mass is 10.0. The highest BCUT2D eigenvalue weighted by Crippen LogP contribution is 2.26. The van der Waals surface area contributed by atoms with Gasteiger partial charge in [0.05, 0.1) is 18.2 Å². The van der Waals surface area contributed by atoms with Crippen molar-refractivity contribution >= 4 is 5.69 Å². The summed E-state index contributed by atoms with van der Waals surface area (Å²) in [6.45, 7) is 2.64. The summed E-state index contributed by atoms with van der Waals surface area (Å²) in [6.07, 6.45) is 4.86. The summed E-state index contributed by atoms with van der Waals surface area (Å²) in [5.74, 6) is -0.211. The summed E-state index contributed by atoms with van der Waals surface area (Å²) in [5.41, 5.74) is 8.59. The van der Waals surface area contributed by atoms with Gasteiger partial charge in [0.25, 0.3) is 0 Å². The molecule has 0 bridgehead atoms. The Hall–Kier alpha value is -1.81. The van der Waals surface area contributed by atoms with Crippen LogP contribution < -0.4 is 10.6 Å². The highest BCUT2D eigenvalue weighted by molar-refractivity contribution is 5.55. The Morgan fingerprint density at radius 2 is 2.15 bits per heavy atom. The van der Waals surface area contributed by atoms with Crippen LogP contribution in [0, 0.1) is 5.82 Å². The van der Waals surface area contributed by atoms with E-state index in [1.54, 1.807) is 18.6 Å². The van der Waals surface area contributed by atoms with Crippen LogP contribution in [0.3, 0.4) is 0 Å². The number of rotatable bonds is 6. The van der Waals surface area contributed by atoms with Gasteiger partial charge in [0.1, 0.15) is 5.82 Å². The Kier molecular flexibility index (Phi) is 4.79. The van der Waals surface area contributed by atoms with E-state index < -0.39 is 0 Å². The minimum absolute atomic E-state index is 0.0536. The SMILES string of the molecule is CCC(N)Cc1cccc(F)c1N(C)Cc1ccoc1. The molecule has 2 aromatic rings. The first-order valence-electron chi connectivity index (χ1n) is 6.87. The largest absolute Gasteiger partial charge is 0.472 e. The van der Waals surface area contributed by atoms with Crippen molar-refractivity contribution in [1.82, 2.24) is 0 Å². The number of furan rings is 1. The van der Waals surface area contributed by atoms with Crippen molar-refractivity contribution in [1.29, 1.82) is 0 Å². The van der Waals surface area contributed by atoms with E-state index >= 15 is 0 Å². The second-order valence-electron chi connectivity index (χ2n) is 5.11. The fraction of sp³-hybridized carbons (Fsp3) is 0.375. The second kappa shape index (κ2) is 6.57. The topological polar surface area (TPSA) is 42.4 Å². The number of nitrogens with zero attached hydrogens (tertiary/aromatic N) is 1. The number of para-hydroxylation sites is 1. The van der Waals surface area contributed by atoms with Gasteiger partial charge in [-0.15, -0.1) is 0 Å². The Morgan fingerprint density at radius 1 is 1.35 bits per heavy atom. The third-order valence-corrected chi connectivity index (χ3v) is 3.46.